The van der Waals surface area contributed by atoms with Gasteiger partial charge in [-0.25, -0.2) is 4.58 Å². The first-order valence-electron chi connectivity index (χ1n) is 23.6. The lowest BCUT2D eigenvalue weighted by Gasteiger charge is -2.30. The van der Waals surface area contributed by atoms with Gasteiger partial charge < -0.3 is 20.0 Å². The summed E-state index contributed by atoms with van der Waals surface area (Å²) in [5.74, 6) is 0.475. The number of anilines is 1. The van der Waals surface area contributed by atoms with Gasteiger partial charge in [0.05, 0.1) is 12.6 Å². The molecule has 3 aliphatic rings. The molecule has 16 nitrogen and oxygen atoms in total. The molecule has 0 saturated carbocycles. The zero-order valence-corrected chi connectivity index (χ0v) is 43.3. The molecule has 2 heterocycles. The lowest BCUT2D eigenvalue weighted by atomic mass is 9.76. The van der Waals surface area contributed by atoms with Crippen molar-refractivity contribution >= 4 is 53.9 Å². The molecule has 1 aromatic carbocycles. The molecule has 0 fully saturated rings. The van der Waals surface area contributed by atoms with Gasteiger partial charge in [0, 0.05) is 54.4 Å². The number of fused-ring (bicyclic) bond motifs is 2. The molecule has 2 aliphatic heterocycles. The number of amides is 2. The van der Waals surface area contributed by atoms with Gasteiger partial charge in [0.25, 0.3) is 30.4 Å². The van der Waals surface area contributed by atoms with E-state index in [0.717, 1.165) is 78.0 Å². The lowest BCUT2D eigenvalue weighted by molar-refractivity contribution is -0.122. The number of rotatable bonds is 25. The van der Waals surface area contributed by atoms with Crippen LogP contribution in [0.3, 0.4) is 0 Å². The minimum absolute atomic E-state index is 0.0764. The summed E-state index contributed by atoms with van der Waals surface area (Å²) in [7, 11) is -14.7. The Hall–Kier alpha value is -4.40. The summed E-state index contributed by atoms with van der Waals surface area (Å²) in [4.78, 5) is 27.8. The first kappa shape index (κ1) is 56.2. The zero-order valence-electron chi connectivity index (χ0n) is 40.9. The maximum atomic E-state index is 12.8. The smallest absolute Gasteiger partial charge is 0.286 e. The predicted molar refractivity (Wildman–Crippen MR) is 268 cm³/mol. The fraction of sp³-hybridized carbons (Fsp3) is 0.571. The van der Waals surface area contributed by atoms with Crippen LogP contribution >= 0.6 is 0 Å². The van der Waals surface area contributed by atoms with Crippen LogP contribution in [0.4, 0.5) is 5.69 Å². The summed E-state index contributed by atoms with van der Waals surface area (Å²) in [5, 5.41) is 4.75. The third-order valence-corrected chi connectivity index (χ3v) is 17.0. The van der Waals surface area contributed by atoms with Gasteiger partial charge in [-0.2, -0.15) is 25.3 Å². The summed E-state index contributed by atoms with van der Waals surface area (Å²) >= 11 is 0. The van der Waals surface area contributed by atoms with E-state index in [0.29, 0.717) is 44.4 Å². The Morgan fingerprint density at radius 1 is 0.809 bits per heavy atom. The van der Waals surface area contributed by atoms with E-state index >= 15 is 0 Å². The van der Waals surface area contributed by atoms with Crippen molar-refractivity contribution < 1.29 is 52.9 Å². The lowest BCUT2D eigenvalue weighted by Crippen LogP contribution is -2.41. The number of hydrogen-bond acceptors (Lipinski definition) is 10. The fourth-order valence-corrected chi connectivity index (χ4v) is 10.8. The number of hydrogen-bond donors (Lipinski definition) is 5. The summed E-state index contributed by atoms with van der Waals surface area (Å²) in [6.45, 7) is 17.4. The normalized spacial score (nSPS) is 16.8. The Morgan fingerprint density at radius 3 is 2.03 bits per heavy atom. The van der Waals surface area contributed by atoms with Crippen molar-refractivity contribution in [3.63, 3.8) is 0 Å². The molecule has 68 heavy (non-hydrogen) atoms. The van der Waals surface area contributed by atoms with Crippen LogP contribution in [0.25, 0.3) is 17.4 Å². The standard InChI is InChI=1S/C49H72N4O12S3/c1-9-12-13-19-36-24-27-42-41(30-36)49(8,28-16-14-22-46(55)51-34-47(67(59,60)61)68(62,63)64)44(53(42)29-17-15-23-45(54)50-33-35(4)66(56,57)58)21-18-20-38-32-40(48(5,6)7)39-26-25-37(31-43(39)65-38)52(10-2)11-3/h18,20-21,24-27,30-32,35,47H,9-17,19,22-23,28-29,33-34H2,1-8H3,(H4-,50,51,54,55,56,57,58,59,60,61,62,63,64)/p+1. The highest BCUT2D eigenvalue weighted by atomic mass is 32.3. The van der Waals surface area contributed by atoms with Gasteiger partial charge in [-0.3, -0.25) is 23.2 Å². The average Bonchev–Trinajstić information content (AvgIpc) is 3.47. The van der Waals surface area contributed by atoms with Crippen LogP contribution in [0.5, 0.6) is 0 Å². The molecule has 5 N–H and O–H groups in total. The minimum atomic E-state index is -5.21. The molecule has 4 rings (SSSR count). The van der Waals surface area contributed by atoms with E-state index in [2.05, 4.69) is 117 Å². The molecule has 1 aliphatic carbocycles. The van der Waals surface area contributed by atoms with Crippen LogP contribution in [-0.2, 0) is 57.2 Å². The average molecular weight is 1010 g/mol. The van der Waals surface area contributed by atoms with Gasteiger partial charge >= 0.3 is 0 Å². The highest BCUT2D eigenvalue weighted by Crippen LogP contribution is 2.51. The molecule has 0 aromatic heterocycles. The van der Waals surface area contributed by atoms with Crippen molar-refractivity contribution in [2.45, 2.75) is 147 Å². The van der Waals surface area contributed by atoms with Crippen LogP contribution in [0.15, 0.2) is 64.7 Å². The maximum absolute atomic E-state index is 12.8. The number of carbonyl (C=O) groups excluding carboxylic acids is 2. The van der Waals surface area contributed by atoms with E-state index in [9.17, 15) is 48.5 Å². The zero-order chi connectivity index (χ0) is 50.7. The van der Waals surface area contributed by atoms with Gasteiger partial charge in [-0.1, -0.05) is 65.2 Å². The van der Waals surface area contributed by atoms with Gasteiger partial charge in [-0.05, 0) is 119 Å². The number of aryl methyl sites for hydroxylation is 1. The molecule has 0 saturated heterocycles. The number of benzene rings is 2. The van der Waals surface area contributed by atoms with Crippen LogP contribution in [0.2, 0.25) is 0 Å². The van der Waals surface area contributed by atoms with Gasteiger partial charge in [0.2, 0.25) is 21.8 Å². The molecule has 0 radical (unpaired) electrons. The third kappa shape index (κ3) is 15.3. The van der Waals surface area contributed by atoms with E-state index in [1.54, 1.807) is 0 Å². The maximum Gasteiger partial charge on any atom is 0.286 e. The van der Waals surface area contributed by atoms with Crippen molar-refractivity contribution in [3.8, 4) is 11.3 Å². The summed E-state index contributed by atoms with van der Waals surface area (Å²) in [6, 6.07) is 15.0. The largest absolute Gasteiger partial charge is 0.456 e. The van der Waals surface area contributed by atoms with E-state index in [-0.39, 0.29) is 30.7 Å². The van der Waals surface area contributed by atoms with E-state index in [1.165, 1.54) is 12.5 Å². The number of allylic oxidation sites excluding steroid dienone is 3. The minimum Gasteiger partial charge on any atom is -0.456 e. The number of nitrogens with one attached hydrogen (secondary N) is 2. The number of unbranched alkanes of at least 4 members (excludes halogenated alkanes) is 4. The second kappa shape index (κ2) is 23.9. The first-order chi connectivity index (χ1) is 31.7. The Labute approximate surface area is 404 Å². The molecular weight excluding hydrogens is 933 g/mol. The number of carbonyl (C=O) groups is 2. The quantitative estimate of drug-likeness (QED) is 0.0320. The first-order valence-corrected chi connectivity index (χ1v) is 28.1. The summed E-state index contributed by atoms with van der Waals surface area (Å²) in [6.07, 6.45) is 12.8. The van der Waals surface area contributed by atoms with Crippen molar-refractivity contribution in [2.24, 2.45) is 0 Å². The topological polar surface area (TPSA) is 241 Å². The van der Waals surface area contributed by atoms with Crippen LogP contribution in [-0.4, -0.2) is 93.3 Å². The van der Waals surface area contributed by atoms with Gasteiger partial charge in [-0.15, -0.1) is 0 Å². The van der Waals surface area contributed by atoms with Crippen LogP contribution < -0.4 is 25.5 Å². The molecular formula is C49H73N4O12S3+. The molecule has 0 spiro atoms. The highest BCUT2D eigenvalue weighted by Gasteiger charge is 2.43. The molecule has 0 bridgehead atoms. The van der Waals surface area contributed by atoms with Crippen molar-refractivity contribution in [2.75, 3.05) is 37.6 Å². The summed E-state index contributed by atoms with van der Waals surface area (Å²) < 4.78 is 104. The van der Waals surface area contributed by atoms with Crippen molar-refractivity contribution in [3.05, 3.63) is 88.1 Å². The Morgan fingerprint density at radius 2 is 1.44 bits per heavy atom. The second-order valence-corrected chi connectivity index (χ2v) is 24.3. The molecule has 2 unspecified atom stereocenters. The summed E-state index contributed by atoms with van der Waals surface area (Å²) in [5.41, 5.74) is 5.68. The molecule has 1 aromatic rings. The Balaban J connectivity index is 1.74. The highest BCUT2D eigenvalue weighted by molar-refractivity contribution is 8.04. The molecule has 19 heteroatoms. The Kier molecular flexibility index (Phi) is 19.8. The third-order valence-electron chi connectivity index (χ3n) is 12.7. The molecule has 2 amide bonds. The monoisotopic (exact) mass is 1010 g/mol. The van der Waals surface area contributed by atoms with Crippen LogP contribution in [0, 0.1) is 0 Å². The van der Waals surface area contributed by atoms with Gasteiger partial charge in [0.1, 0.15) is 29.9 Å². The molecule has 378 valence electrons. The van der Waals surface area contributed by atoms with Crippen molar-refractivity contribution in [1.29, 1.82) is 0 Å². The fourth-order valence-electron chi connectivity index (χ4n) is 8.68. The van der Waals surface area contributed by atoms with Gasteiger partial charge in [0.15, 0.2) is 0 Å². The predicted octanol–water partition coefficient (Wildman–Crippen LogP) is 7.24. The second-order valence-electron chi connectivity index (χ2n) is 18.9. The molecule has 2 atom stereocenters. The van der Waals surface area contributed by atoms with E-state index in [1.807, 2.05) is 12.2 Å². The van der Waals surface area contributed by atoms with E-state index in [4.69, 9.17) is 4.42 Å². The van der Waals surface area contributed by atoms with Crippen molar-refractivity contribution in [1.82, 2.24) is 15.2 Å². The van der Waals surface area contributed by atoms with E-state index < -0.39 is 58.1 Å². The SMILES string of the molecule is CCCCCc1ccc2c(c1)C(C)(CCCCC(=O)NCC(S(=O)(=O)O)S(=O)(=O)O)/C(=C/C=C/c1cc(C(C)(C)C)c3ccc(=[N+](CC)CC)cc-3o1)N2CCCCC(=O)NCC(C)S(=O)(=O)O. The number of nitrogens with zero attached hydrogens (tertiary/aromatic N) is 2. The Bertz CT molecular complexity index is 2650. The van der Waals surface area contributed by atoms with Crippen LogP contribution in [0.1, 0.15) is 142 Å².